The number of carboxylic acids is 1. The Kier molecular flexibility index (Phi) is 6.60. The van der Waals surface area contributed by atoms with Crippen molar-refractivity contribution in [3.63, 3.8) is 0 Å². The van der Waals surface area contributed by atoms with E-state index in [1.54, 1.807) is 32.3 Å². The maximum atomic E-state index is 12.6. The number of hydrogen-bond donors (Lipinski definition) is 2. The third-order valence-electron chi connectivity index (χ3n) is 4.59. The third-order valence-corrected chi connectivity index (χ3v) is 4.59. The highest BCUT2D eigenvalue weighted by Crippen LogP contribution is 2.32. The summed E-state index contributed by atoms with van der Waals surface area (Å²) >= 11 is 0. The number of rotatable bonds is 6. The van der Waals surface area contributed by atoms with Gasteiger partial charge in [0, 0.05) is 25.6 Å². The Balaban J connectivity index is 2.15. The van der Waals surface area contributed by atoms with E-state index in [1.165, 1.54) is 4.90 Å². The molecule has 1 aromatic rings. The lowest BCUT2D eigenvalue weighted by atomic mass is 9.81. The summed E-state index contributed by atoms with van der Waals surface area (Å²) < 4.78 is 5.58. The molecule has 0 aromatic heterocycles. The molecule has 2 rings (SSSR count). The first kappa shape index (κ1) is 19.8. The van der Waals surface area contributed by atoms with E-state index >= 15 is 0 Å². The number of carbonyl (C=O) groups is 3. The first-order chi connectivity index (χ1) is 12.3. The molecule has 0 radical (unpaired) electrons. The summed E-state index contributed by atoms with van der Waals surface area (Å²) in [6, 6.07) is 4.90. The molecule has 26 heavy (non-hydrogen) atoms. The van der Waals surface area contributed by atoms with Crippen LogP contribution < -0.4 is 10.1 Å². The molecule has 7 heteroatoms. The summed E-state index contributed by atoms with van der Waals surface area (Å²) in [4.78, 5) is 37.4. The molecule has 7 nitrogen and oxygen atoms in total. The number of ether oxygens (including phenoxy) is 1. The molecule has 2 amide bonds. The number of nitrogens with zero attached hydrogens (tertiary/aromatic N) is 1. The number of amides is 2. The monoisotopic (exact) mass is 362 g/mol. The van der Waals surface area contributed by atoms with Crippen LogP contribution in [0.3, 0.4) is 0 Å². The second-order valence-electron chi connectivity index (χ2n) is 6.73. The number of hydrogen-bond acceptors (Lipinski definition) is 4. The van der Waals surface area contributed by atoms with Gasteiger partial charge in [-0.1, -0.05) is 6.42 Å². The van der Waals surface area contributed by atoms with Gasteiger partial charge in [-0.25, -0.2) is 0 Å². The van der Waals surface area contributed by atoms with Crippen LogP contribution in [0.2, 0.25) is 0 Å². The minimum Gasteiger partial charge on any atom is -0.492 e. The molecular weight excluding hydrogens is 336 g/mol. The molecule has 142 valence electrons. The Bertz CT molecular complexity index is 687. The minimum absolute atomic E-state index is 0.152. The van der Waals surface area contributed by atoms with Crippen LogP contribution in [-0.4, -0.2) is 48.5 Å². The lowest BCUT2D eigenvalue weighted by molar-refractivity contribution is -0.143. The molecule has 0 bridgehead atoms. The highest BCUT2D eigenvalue weighted by atomic mass is 16.5. The number of carboxylic acid groups (broad SMARTS) is 1. The van der Waals surface area contributed by atoms with Crippen LogP contribution in [0.25, 0.3) is 0 Å². The van der Waals surface area contributed by atoms with Gasteiger partial charge in [0.15, 0.2) is 0 Å². The summed E-state index contributed by atoms with van der Waals surface area (Å²) in [6.07, 6.45) is 2.37. The molecule has 0 spiro atoms. The number of carbonyl (C=O) groups excluding carboxylic acids is 2. The van der Waals surface area contributed by atoms with Gasteiger partial charge in [-0.2, -0.15) is 0 Å². The highest BCUT2D eigenvalue weighted by molar-refractivity contribution is 5.98. The molecule has 0 saturated heterocycles. The maximum absolute atomic E-state index is 12.6. The van der Waals surface area contributed by atoms with Gasteiger partial charge in [-0.3, -0.25) is 14.4 Å². The van der Waals surface area contributed by atoms with E-state index in [0.717, 1.165) is 6.42 Å². The van der Waals surface area contributed by atoms with Crippen LogP contribution in [0.4, 0.5) is 5.69 Å². The Morgan fingerprint density at radius 1 is 1.23 bits per heavy atom. The topological polar surface area (TPSA) is 95.9 Å². The zero-order valence-electron chi connectivity index (χ0n) is 15.4. The van der Waals surface area contributed by atoms with Gasteiger partial charge in [-0.05, 0) is 44.4 Å². The fourth-order valence-corrected chi connectivity index (χ4v) is 3.18. The zero-order chi connectivity index (χ0) is 19.3. The quantitative estimate of drug-likeness (QED) is 0.811. The molecule has 1 fully saturated rings. The van der Waals surface area contributed by atoms with Crippen LogP contribution in [0, 0.1) is 11.8 Å². The second kappa shape index (κ2) is 8.69. The van der Waals surface area contributed by atoms with Gasteiger partial charge >= 0.3 is 5.97 Å². The van der Waals surface area contributed by atoms with E-state index in [0.29, 0.717) is 42.9 Å². The fourth-order valence-electron chi connectivity index (χ4n) is 3.18. The number of anilines is 1. The van der Waals surface area contributed by atoms with Gasteiger partial charge < -0.3 is 20.1 Å². The average Bonchev–Trinajstić information content (AvgIpc) is 2.62. The van der Waals surface area contributed by atoms with Crippen LogP contribution in [-0.2, 0) is 9.59 Å². The van der Waals surface area contributed by atoms with Crippen LogP contribution in [0.1, 0.15) is 43.0 Å². The standard InChI is InChI=1S/C19H26N2O5/c1-4-26-16-11-13(18(23)21(2)3)8-9-15(16)20-17(22)12-6-5-7-14(10-12)19(24)25/h8-9,11-12,14H,4-7,10H2,1-3H3,(H,20,22)(H,24,25). The van der Waals surface area contributed by atoms with E-state index in [1.807, 2.05) is 6.92 Å². The van der Waals surface area contributed by atoms with Crippen molar-refractivity contribution in [1.82, 2.24) is 4.90 Å². The number of benzene rings is 1. The molecule has 2 unspecified atom stereocenters. The molecule has 0 aliphatic heterocycles. The summed E-state index contributed by atoms with van der Waals surface area (Å²) in [5, 5.41) is 12.0. The Morgan fingerprint density at radius 3 is 2.54 bits per heavy atom. The lowest BCUT2D eigenvalue weighted by Crippen LogP contribution is -2.31. The molecule has 1 aliphatic rings. The van der Waals surface area contributed by atoms with Crippen LogP contribution in [0.15, 0.2) is 18.2 Å². The molecule has 2 N–H and O–H groups in total. The Morgan fingerprint density at radius 2 is 1.92 bits per heavy atom. The molecule has 1 saturated carbocycles. The van der Waals surface area contributed by atoms with Crippen molar-refractivity contribution < 1.29 is 24.2 Å². The van der Waals surface area contributed by atoms with Crippen molar-refractivity contribution in [2.75, 3.05) is 26.0 Å². The van der Waals surface area contributed by atoms with Crippen LogP contribution in [0.5, 0.6) is 5.75 Å². The molecule has 1 aliphatic carbocycles. The summed E-state index contributed by atoms with van der Waals surface area (Å²) in [7, 11) is 3.33. The largest absolute Gasteiger partial charge is 0.492 e. The van der Waals surface area contributed by atoms with Crippen molar-refractivity contribution in [3.05, 3.63) is 23.8 Å². The normalized spacial score (nSPS) is 19.5. The fraction of sp³-hybridized carbons (Fsp3) is 0.526. The maximum Gasteiger partial charge on any atom is 0.306 e. The van der Waals surface area contributed by atoms with Crippen molar-refractivity contribution in [2.45, 2.75) is 32.6 Å². The number of nitrogens with one attached hydrogen (secondary N) is 1. The van der Waals surface area contributed by atoms with E-state index < -0.39 is 11.9 Å². The first-order valence-corrected chi connectivity index (χ1v) is 8.85. The van der Waals surface area contributed by atoms with Gasteiger partial charge in [0.1, 0.15) is 5.75 Å². The third kappa shape index (κ3) is 4.74. The van der Waals surface area contributed by atoms with Crippen LogP contribution >= 0.6 is 0 Å². The minimum atomic E-state index is -0.843. The zero-order valence-corrected chi connectivity index (χ0v) is 15.4. The predicted molar refractivity (Wildman–Crippen MR) is 97.3 cm³/mol. The van der Waals surface area contributed by atoms with Gasteiger partial charge in [0.25, 0.3) is 5.91 Å². The lowest BCUT2D eigenvalue weighted by Gasteiger charge is -2.26. The van der Waals surface area contributed by atoms with Crippen molar-refractivity contribution in [1.29, 1.82) is 0 Å². The van der Waals surface area contributed by atoms with E-state index in [4.69, 9.17) is 4.74 Å². The number of aliphatic carboxylic acids is 1. The van der Waals surface area contributed by atoms with Crippen molar-refractivity contribution in [2.24, 2.45) is 11.8 Å². The van der Waals surface area contributed by atoms with Crippen molar-refractivity contribution >= 4 is 23.5 Å². The predicted octanol–water partition coefficient (Wildman–Crippen LogP) is 2.62. The molecule has 2 atom stereocenters. The van der Waals surface area contributed by atoms with Gasteiger partial charge in [-0.15, -0.1) is 0 Å². The van der Waals surface area contributed by atoms with Gasteiger partial charge in [0.2, 0.25) is 5.91 Å². The van der Waals surface area contributed by atoms with Crippen molar-refractivity contribution in [3.8, 4) is 5.75 Å². The first-order valence-electron chi connectivity index (χ1n) is 8.85. The molecular formula is C19H26N2O5. The summed E-state index contributed by atoms with van der Waals surface area (Å²) in [6.45, 7) is 2.22. The summed E-state index contributed by atoms with van der Waals surface area (Å²) in [5.41, 5.74) is 0.963. The molecule has 1 aromatic carbocycles. The Labute approximate surface area is 153 Å². The second-order valence-corrected chi connectivity index (χ2v) is 6.73. The smallest absolute Gasteiger partial charge is 0.306 e. The van der Waals surface area contributed by atoms with E-state index in [9.17, 15) is 19.5 Å². The van der Waals surface area contributed by atoms with E-state index in [2.05, 4.69) is 5.32 Å². The average molecular weight is 362 g/mol. The van der Waals surface area contributed by atoms with Gasteiger partial charge in [0.05, 0.1) is 18.2 Å². The summed E-state index contributed by atoms with van der Waals surface area (Å²) in [5.74, 6) is -1.57. The Hall–Kier alpha value is -2.57. The van der Waals surface area contributed by atoms with E-state index in [-0.39, 0.29) is 17.7 Å². The highest BCUT2D eigenvalue weighted by Gasteiger charge is 2.31. The molecule has 0 heterocycles. The SMILES string of the molecule is CCOc1cc(C(=O)N(C)C)ccc1NC(=O)C1CCCC(C(=O)O)C1.